The molecular weight excluding hydrogens is 1010 g/mol. The van der Waals surface area contributed by atoms with Gasteiger partial charge in [-0.1, -0.05) is 192 Å². The van der Waals surface area contributed by atoms with Gasteiger partial charge in [0.25, 0.3) is 6.71 Å². The van der Waals surface area contributed by atoms with E-state index in [1.54, 1.807) is 0 Å². The largest absolute Gasteiger partial charge is 0.456 e. The van der Waals surface area contributed by atoms with Crippen LogP contribution in [0.25, 0.3) is 49.7 Å². The second kappa shape index (κ2) is 16.0. The third-order valence-corrected chi connectivity index (χ3v) is 23.3. The number of anilines is 7. The molecule has 3 aliphatic carbocycles. The molecule has 0 radical (unpaired) electrons. The van der Waals surface area contributed by atoms with Crippen LogP contribution < -0.4 is 31.1 Å². The van der Waals surface area contributed by atoms with E-state index in [9.17, 15) is 0 Å². The molecule has 83 heavy (non-hydrogen) atoms. The van der Waals surface area contributed by atoms with E-state index in [2.05, 4.69) is 254 Å². The first-order chi connectivity index (χ1) is 39.7. The predicted molar refractivity (Wildman–Crippen MR) is 350 cm³/mol. The van der Waals surface area contributed by atoms with Gasteiger partial charge in [-0.25, -0.2) is 0 Å². The summed E-state index contributed by atoms with van der Waals surface area (Å²) >= 11 is 0. The molecule has 0 amide bonds. The summed E-state index contributed by atoms with van der Waals surface area (Å²) in [5, 5.41) is 3.64. The van der Waals surface area contributed by atoms with Gasteiger partial charge in [-0.05, 0) is 155 Å². The molecule has 0 N–H and O–H groups in total. The van der Waals surface area contributed by atoms with Gasteiger partial charge in [0.1, 0.15) is 11.2 Å². The molecule has 4 unspecified atom stereocenters. The SMILES string of the molecule is CC(C)(C)c1ccc2c(c1)C1(C)CCCCC1(C)N2c1ccc2c(c1)N(c1cccc3oc4ccccc4c13)c1cc(N3c4ccc(C(C)(C)C)cc4C4(C)CCCCC34C)cc3c1B2c1cccc2c4c(n-3c12)C(C)(C)c1ccccc1-4. The Labute approximate surface area is 491 Å². The van der Waals surface area contributed by atoms with Crippen molar-refractivity contribution < 1.29 is 4.42 Å². The molecule has 6 heteroatoms. The Hall–Kier alpha value is -7.44. The summed E-state index contributed by atoms with van der Waals surface area (Å²) in [5.41, 5.74) is 28.3. The summed E-state index contributed by atoms with van der Waals surface area (Å²) < 4.78 is 9.67. The molecular formula is C77H77BN4O. The highest BCUT2D eigenvalue weighted by molar-refractivity contribution is 7.00. The van der Waals surface area contributed by atoms with Crippen LogP contribution in [0.3, 0.4) is 0 Å². The minimum atomic E-state index is -0.263. The molecule has 4 aliphatic heterocycles. The van der Waals surface area contributed by atoms with Crippen LogP contribution in [0.1, 0.15) is 168 Å². The van der Waals surface area contributed by atoms with Crippen molar-refractivity contribution in [2.75, 3.05) is 14.7 Å². The van der Waals surface area contributed by atoms with E-state index in [0.717, 1.165) is 40.5 Å². The van der Waals surface area contributed by atoms with Gasteiger partial charge in [0.15, 0.2) is 0 Å². The van der Waals surface area contributed by atoms with Crippen LogP contribution in [-0.4, -0.2) is 22.4 Å². The second-order valence-electron chi connectivity index (χ2n) is 29.9. The van der Waals surface area contributed by atoms with Crippen molar-refractivity contribution in [1.82, 2.24) is 4.57 Å². The summed E-state index contributed by atoms with van der Waals surface area (Å²) in [4.78, 5) is 8.39. The lowest BCUT2D eigenvalue weighted by molar-refractivity contribution is 0.195. The number of rotatable bonds is 3. The first-order valence-corrected chi connectivity index (χ1v) is 31.4. The molecule has 5 nitrogen and oxygen atoms in total. The maximum atomic E-state index is 6.89. The average molecular weight is 1090 g/mol. The number of furan rings is 1. The molecule has 0 bridgehead atoms. The highest BCUT2D eigenvalue weighted by Crippen LogP contribution is 2.65. The Morgan fingerprint density at radius 1 is 0.458 bits per heavy atom. The van der Waals surface area contributed by atoms with E-state index in [-0.39, 0.29) is 44.9 Å². The van der Waals surface area contributed by atoms with Gasteiger partial charge in [0, 0.05) is 83.6 Å². The molecule has 4 atom stereocenters. The number of nitrogens with zero attached hydrogens (tertiary/aromatic N) is 4. The standard InChI is InChI=1S/C77H77BN4O/c1-71(2,3)46-31-35-58-54(41-46)74(9)37-17-19-39-76(74,11)81(58)48-33-34-56-61(43-48)79(60-28-22-30-65-67(60)51-24-14-16-29-64(51)83-65)62-44-49(82-59-36-32-47(72(4,5)6)42-55(59)75(10)38-18-20-40-77(75,82)12)45-63-68(62)78(56)57-27-21-25-52-66-50-23-13-15-26-53(50)73(7,8)70(66)80(63)69(52)57/h13-16,21-36,41-45H,17-20,37-40H2,1-12H3. The van der Waals surface area contributed by atoms with Gasteiger partial charge in [0.05, 0.1) is 22.2 Å². The van der Waals surface area contributed by atoms with Crippen molar-refractivity contribution in [2.45, 2.75) is 173 Å². The zero-order chi connectivity index (χ0) is 56.9. The van der Waals surface area contributed by atoms with Crippen molar-refractivity contribution in [3.63, 3.8) is 0 Å². The average Bonchev–Trinajstić information content (AvgIpc) is 1.68. The van der Waals surface area contributed by atoms with Gasteiger partial charge < -0.3 is 23.7 Å². The highest BCUT2D eigenvalue weighted by Gasteiger charge is 2.60. The van der Waals surface area contributed by atoms with E-state index < -0.39 is 0 Å². The second-order valence-corrected chi connectivity index (χ2v) is 29.9. The fourth-order valence-corrected chi connectivity index (χ4v) is 18.6. The third kappa shape index (κ3) is 6.11. The number of benzene rings is 8. The van der Waals surface area contributed by atoms with Crippen LogP contribution >= 0.6 is 0 Å². The molecule has 8 aromatic carbocycles. The summed E-state index contributed by atoms with van der Waals surface area (Å²) in [7, 11) is 0. The lowest BCUT2D eigenvalue weighted by atomic mass is 9.33. The minimum Gasteiger partial charge on any atom is -0.456 e. The monoisotopic (exact) mass is 1080 g/mol. The number of fused-ring (bicyclic) bond motifs is 18. The van der Waals surface area contributed by atoms with E-state index in [0.29, 0.717) is 0 Å². The van der Waals surface area contributed by atoms with Gasteiger partial charge in [-0.15, -0.1) is 0 Å². The summed E-state index contributed by atoms with van der Waals surface area (Å²) in [5.74, 6) is 0. The molecule has 17 rings (SSSR count). The van der Waals surface area contributed by atoms with Crippen LogP contribution in [0.2, 0.25) is 0 Å². The van der Waals surface area contributed by atoms with E-state index in [1.165, 1.54) is 150 Å². The van der Waals surface area contributed by atoms with Crippen molar-refractivity contribution in [2.24, 2.45) is 0 Å². The highest BCUT2D eigenvalue weighted by atomic mass is 16.3. The maximum Gasteiger partial charge on any atom is 0.252 e. The number of para-hydroxylation sites is 2. The van der Waals surface area contributed by atoms with Crippen LogP contribution in [0, 0.1) is 0 Å². The molecule has 6 heterocycles. The number of hydrogen-bond acceptors (Lipinski definition) is 4. The molecule has 2 saturated carbocycles. The van der Waals surface area contributed by atoms with E-state index in [1.807, 2.05) is 0 Å². The van der Waals surface area contributed by atoms with Crippen molar-refractivity contribution in [3.05, 3.63) is 185 Å². The summed E-state index contributed by atoms with van der Waals surface area (Å²) in [6, 6.07) is 60.2. The van der Waals surface area contributed by atoms with E-state index >= 15 is 0 Å². The Morgan fingerprint density at radius 2 is 1.04 bits per heavy atom. The first kappa shape index (κ1) is 50.1. The summed E-state index contributed by atoms with van der Waals surface area (Å²) in [6.45, 7) is 29.6. The zero-order valence-electron chi connectivity index (χ0n) is 50.9. The molecule has 10 aromatic rings. The smallest absolute Gasteiger partial charge is 0.252 e. The fraction of sp³-hybridized carbons (Fsp3) is 0.351. The molecule has 2 aromatic heterocycles. The molecule has 414 valence electrons. The fourth-order valence-electron chi connectivity index (χ4n) is 18.6. The Bertz CT molecular complexity index is 4520. The Balaban J connectivity index is 1.01. The molecule has 2 fully saturated rings. The van der Waals surface area contributed by atoms with Crippen molar-refractivity contribution in [3.8, 4) is 16.8 Å². The topological polar surface area (TPSA) is 27.8 Å². The van der Waals surface area contributed by atoms with Crippen LogP contribution in [-0.2, 0) is 27.1 Å². The van der Waals surface area contributed by atoms with E-state index in [4.69, 9.17) is 4.42 Å². The molecule has 0 saturated heterocycles. The number of aromatic nitrogens is 1. The van der Waals surface area contributed by atoms with Crippen molar-refractivity contribution >= 4 is 95.8 Å². The van der Waals surface area contributed by atoms with Gasteiger partial charge in [-0.2, -0.15) is 0 Å². The Kier molecular flexibility index (Phi) is 9.69. The van der Waals surface area contributed by atoms with Crippen LogP contribution in [0.5, 0.6) is 0 Å². The van der Waals surface area contributed by atoms with Gasteiger partial charge in [0.2, 0.25) is 0 Å². The predicted octanol–water partition coefficient (Wildman–Crippen LogP) is 18.5. The zero-order valence-corrected chi connectivity index (χ0v) is 50.9. The third-order valence-electron chi connectivity index (χ3n) is 23.3. The molecule has 7 aliphatic rings. The van der Waals surface area contributed by atoms with Crippen LogP contribution in [0.4, 0.5) is 39.8 Å². The minimum absolute atomic E-state index is 0.0181. The summed E-state index contributed by atoms with van der Waals surface area (Å²) in [6.07, 6.45) is 9.52. The lowest BCUT2D eigenvalue weighted by Crippen LogP contribution is -2.61. The normalized spacial score (nSPS) is 24.2. The molecule has 0 spiro atoms. The van der Waals surface area contributed by atoms with Gasteiger partial charge in [-0.3, -0.25) is 0 Å². The van der Waals surface area contributed by atoms with Crippen LogP contribution in [0.15, 0.2) is 156 Å². The first-order valence-electron chi connectivity index (χ1n) is 31.4. The quantitative estimate of drug-likeness (QED) is 0.165. The van der Waals surface area contributed by atoms with Gasteiger partial charge >= 0.3 is 0 Å². The Morgan fingerprint density at radius 3 is 1.72 bits per heavy atom. The lowest BCUT2D eigenvalue weighted by Gasteiger charge is -2.51. The number of hydrogen-bond donors (Lipinski definition) is 0. The maximum absolute atomic E-state index is 6.89. The van der Waals surface area contributed by atoms with Crippen molar-refractivity contribution in [1.29, 1.82) is 0 Å².